The molecular formula is C23H37N5O3. The number of rotatable bonds is 8. The maximum atomic E-state index is 11.5. The van der Waals surface area contributed by atoms with Crippen LogP contribution >= 0.6 is 0 Å². The van der Waals surface area contributed by atoms with Gasteiger partial charge in [-0.15, -0.1) is 0 Å². The molecule has 0 radical (unpaired) electrons. The van der Waals surface area contributed by atoms with Gasteiger partial charge in [0.05, 0.1) is 13.2 Å². The van der Waals surface area contributed by atoms with Crippen LogP contribution in [0.15, 0.2) is 17.1 Å². The van der Waals surface area contributed by atoms with E-state index < -0.39 is 0 Å². The monoisotopic (exact) mass is 431 g/mol. The number of hydrogen-bond acceptors (Lipinski definition) is 5. The maximum absolute atomic E-state index is 11.5. The molecule has 1 aromatic carbocycles. The molecule has 8 nitrogen and oxygen atoms in total. The molecule has 0 aromatic heterocycles. The minimum Gasteiger partial charge on any atom is -0.494 e. The van der Waals surface area contributed by atoms with E-state index in [0.29, 0.717) is 13.2 Å². The van der Waals surface area contributed by atoms with Gasteiger partial charge in [-0.3, -0.25) is 9.69 Å². The van der Waals surface area contributed by atoms with E-state index in [0.717, 1.165) is 75.3 Å². The Morgan fingerprint density at radius 3 is 2.68 bits per heavy atom. The third-order valence-electron chi connectivity index (χ3n) is 5.67. The zero-order chi connectivity index (χ0) is 22.2. The number of piperazine rings is 1. The van der Waals surface area contributed by atoms with Crippen LogP contribution in [0.2, 0.25) is 0 Å². The Labute approximate surface area is 186 Å². The molecule has 0 spiro atoms. The summed E-state index contributed by atoms with van der Waals surface area (Å²) in [6.45, 7) is 14.9. The second kappa shape index (κ2) is 11.2. The number of fused-ring (bicyclic) bond motifs is 1. The minimum absolute atomic E-state index is 0.164. The van der Waals surface area contributed by atoms with Gasteiger partial charge in [0.2, 0.25) is 5.91 Å². The molecule has 0 saturated carbocycles. The summed E-state index contributed by atoms with van der Waals surface area (Å²) in [4.78, 5) is 20.5. The van der Waals surface area contributed by atoms with E-state index in [1.165, 1.54) is 5.56 Å². The maximum Gasteiger partial charge on any atom is 0.219 e. The van der Waals surface area contributed by atoms with Gasteiger partial charge in [0.25, 0.3) is 0 Å². The third-order valence-corrected chi connectivity index (χ3v) is 5.67. The SMILES string of the molecule is CCNC(=NCc1cc2c(cc1OCC)CC(C)O2)NCCN1CCN(C(C)=O)CC1. The average molecular weight is 432 g/mol. The van der Waals surface area contributed by atoms with Crippen molar-refractivity contribution in [3.8, 4) is 11.5 Å². The predicted octanol–water partition coefficient (Wildman–Crippen LogP) is 1.63. The molecule has 31 heavy (non-hydrogen) atoms. The lowest BCUT2D eigenvalue weighted by molar-refractivity contribution is -0.130. The number of guanidine groups is 1. The summed E-state index contributed by atoms with van der Waals surface area (Å²) >= 11 is 0. The third kappa shape index (κ3) is 6.50. The number of benzene rings is 1. The molecule has 172 valence electrons. The highest BCUT2D eigenvalue weighted by Crippen LogP contribution is 2.35. The summed E-state index contributed by atoms with van der Waals surface area (Å²) < 4.78 is 11.8. The summed E-state index contributed by atoms with van der Waals surface area (Å²) in [6.07, 6.45) is 1.13. The number of aliphatic imine (C=N–C) groups is 1. The summed E-state index contributed by atoms with van der Waals surface area (Å²) in [6, 6.07) is 4.18. The molecule has 2 heterocycles. The van der Waals surface area contributed by atoms with Crippen molar-refractivity contribution in [3.63, 3.8) is 0 Å². The largest absolute Gasteiger partial charge is 0.494 e. The molecule has 2 N–H and O–H groups in total. The first-order valence-electron chi connectivity index (χ1n) is 11.5. The highest BCUT2D eigenvalue weighted by molar-refractivity contribution is 5.79. The average Bonchev–Trinajstić information content (AvgIpc) is 3.11. The second-order valence-corrected chi connectivity index (χ2v) is 8.10. The molecule has 2 aliphatic heterocycles. The van der Waals surface area contributed by atoms with Gasteiger partial charge >= 0.3 is 0 Å². The first-order chi connectivity index (χ1) is 15.0. The van der Waals surface area contributed by atoms with E-state index in [1.54, 1.807) is 6.92 Å². The Kier molecular flexibility index (Phi) is 8.40. The molecule has 0 aliphatic carbocycles. The van der Waals surface area contributed by atoms with Crippen molar-refractivity contribution >= 4 is 11.9 Å². The molecular weight excluding hydrogens is 394 g/mol. The first-order valence-corrected chi connectivity index (χ1v) is 11.5. The number of amides is 1. The Hall–Kier alpha value is -2.48. The second-order valence-electron chi connectivity index (χ2n) is 8.10. The molecule has 1 fully saturated rings. The van der Waals surface area contributed by atoms with Crippen LogP contribution in [-0.4, -0.2) is 80.2 Å². The summed E-state index contributed by atoms with van der Waals surface area (Å²) in [7, 11) is 0. The Bertz CT molecular complexity index is 775. The molecule has 1 amide bonds. The highest BCUT2D eigenvalue weighted by Gasteiger charge is 2.22. The van der Waals surface area contributed by atoms with Crippen LogP contribution < -0.4 is 20.1 Å². The van der Waals surface area contributed by atoms with Crippen LogP contribution in [-0.2, 0) is 17.8 Å². The van der Waals surface area contributed by atoms with Crippen LogP contribution in [0.3, 0.4) is 0 Å². The van der Waals surface area contributed by atoms with Crippen molar-refractivity contribution in [2.45, 2.75) is 46.8 Å². The van der Waals surface area contributed by atoms with Crippen molar-refractivity contribution < 1.29 is 14.3 Å². The van der Waals surface area contributed by atoms with E-state index in [2.05, 4.69) is 41.5 Å². The van der Waals surface area contributed by atoms with Crippen molar-refractivity contribution in [2.75, 3.05) is 52.4 Å². The molecule has 1 aromatic rings. The molecule has 8 heteroatoms. The lowest BCUT2D eigenvalue weighted by atomic mass is 10.1. The minimum atomic E-state index is 0.164. The van der Waals surface area contributed by atoms with Crippen LogP contribution in [0.25, 0.3) is 0 Å². The summed E-state index contributed by atoms with van der Waals surface area (Å²) in [5, 5.41) is 6.75. The van der Waals surface area contributed by atoms with Gasteiger partial charge in [-0.1, -0.05) is 0 Å². The fourth-order valence-corrected chi connectivity index (χ4v) is 4.02. The van der Waals surface area contributed by atoms with Gasteiger partial charge in [-0.25, -0.2) is 4.99 Å². The topological polar surface area (TPSA) is 78.4 Å². The van der Waals surface area contributed by atoms with E-state index in [4.69, 9.17) is 14.5 Å². The van der Waals surface area contributed by atoms with Gasteiger partial charge in [-0.05, 0) is 32.9 Å². The van der Waals surface area contributed by atoms with Crippen molar-refractivity contribution in [1.29, 1.82) is 0 Å². The van der Waals surface area contributed by atoms with Gasteiger partial charge in [0.15, 0.2) is 5.96 Å². The standard InChI is InChI=1S/C23H37N5O3/c1-5-24-23(25-7-8-27-9-11-28(12-10-27)18(4)29)26-16-20-15-22-19(13-17(3)31-22)14-21(20)30-6-2/h14-15,17H,5-13,16H2,1-4H3,(H2,24,25,26). The Balaban J connectivity index is 1.56. The fourth-order valence-electron chi connectivity index (χ4n) is 4.02. The van der Waals surface area contributed by atoms with Crippen LogP contribution in [0.5, 0.6) is 11.5 Å². The predicted molar refractivity (Wildman–Crippen MR) is 123 cm³/mol. The van der Waals surface area contributed by atoms with E-state index in [-0.39, 0.29) is 12.0 Å². The Morgan fingerprint density at radius 1 is 1.23 bits per heavy atom. The van der Waals surface area contributed by atoms with Crippen LogP contribution in [0.1, 0.15) is 38.8 Å². The molecule has 1 saturated heterocycles. The smallest absolute Gasteiger partial charge is 0.219 e. The van der Waals surface area contributed by atoms with Crippen LogP contribution in [0, 0.1) is 0 Å². The number of nitrogens with zero attached hydrogens (tertiary/aromatic N) is 3. The Morgan fingerprint density at radius 2 is 2.00 bits per heavy atom. The highest BCUT2D eigenvalue weighted by atomic mass is 16.5. The molecule has 0 bridgehead atoms. The summed E-state index contributed by atoms with van der Waals surface area (Å²) in [5.74, 6) is 2.80. The van der Waals surface area contributed by atoms with Crippen LogP contribution in [0.4, 0.5) is 0 Å². The molecule has 2 aliphatic rings. The number of nitrogens with one attached hydrogen (secondary N) is 2. The zero-order valence-corrected chi connectivity index (χ0v) is 19.4. The number of carbonyl (C=O) groups is 1. The van der Waals surface area contributed by atoms with Gasteiger partial charge in [0, 0.05) is 70.3 Å². The van der Waals surface area contributed by atoms with Gasteiger partial charge in [-0.2, -0.15) is 0 Å². The lowest BCUT2D eigenvalue weighted by Gasteiger charge is -2.34. The number of hydrogen-bond donors (Lipinski definition) is 2. The van der Waals surface area contributed by atoms with Crippen molar-refractivity contribution in [3.05, 3.63) is 23.3 Å². The normalized spacial score (nSPS) is 19.0. The van der Waals surface area contributed by atoms with Gasteiger partial charge < -0.3 is 25.0 Å². The van der Waals surface area contributed by atoms with E-state index in [1.807, 2.05) is 11.8 Å². The summed E-state index contributed by atoms with van der Waals surface area (Å²) in [5.41, 5.74) is 2.24. The van der Waals surface area contributed by atoms with Gasteiger partial charge in [0.1, 0.15) is 17.6 Å². The number of carbonyl (C=O) groups excluding carboxylic acids is 1. The molecule has 3 rings (SSSR count). The lowest BCUT2D eigenvalue weighted by Crippen LogP contribution is -2.50. The first kappa shape index (κ1) is 23.2. The van der Waals surface area contributed by atoms with Crippen molar-refractivity contribution in [2.24, 2.45) is 4.99 Å². The molecule has 1 atom stereocenters. The van der Waals surface area contributed by atoms with E-state index >= 15 is 0 Å². The van der Waals surface area contributed by atoms with Crippen molar-refractivity contribution in [1.82, 2.24) is 20.4 Å². The zero-order valence-electron chi connectivity index (χ0n) is 19.4. The van der Waals surface area contributed by atoms with E-state index in [9.17, 15) is 4.79 Å². The number of ether oxygens (including phenoxy) is 2. The quantitative estimate of drug-likeness (QED) is 0.481. The fraction of sp³-hybridized carbons (Fsp3) is 0.652. The molecule has 1 unspecified atom stereocenters.